The molecule has 150 valence electrons. The molecule has 0 radical (unpaired) electrons. The van der Waals surface area contributed by atoms with Gasteiger partial charge in [-0.15, -0.1) is 11.3 Å². The molecule has 2 fully saturated rings. The summed E-state index contributed by atoms with van der Waals surface area (Å²) in [5.41, 5.74) is -0.995. The molecular weight excluding hydrogens is 386 g/mol. The summed E-state index contributed by atoms with van der Waals surface area (Å²) in [6.45, 7) is 4.02. The molecule has 2 aromatic heterocycles. The smallest absolute Gasteiger partial charge is 0.328 e. The van der Waals surface area contributed by atoms with Crippen molar-refractivity contribution in [2.24, 2.45) is 0 Å². The van der Waals surface area contributed by atoms with E-state index in [-0.39, 0.29) is 19.1 Å². The first-order chi connectivity index (χ1) is 13.3. The molecule has 10 heteroatoms. The number of thiophene rings is 1. The molecule has 0 saturated carbocycles. The summed E-state index contributed by atoms with van der Waals surface area (Å²) >= 11 is 1.36. The van der Waals surface area contributed by atoms with Crippen molar-refractivity contribution < 1.29 is 19.0 Å². The third-order valence-electron chi connectivity index (χ3n) is 4.81. The average molecular weight is 407 g/mol. The van der Waals surface area contributed by atoms with Gasteiger partial charge in [-0.05, 0) is 25.3 Å². The normalized spacial score (nSPS) is 28.6. The molecule has 4 heterocycles. The Morgan fingerprint density at radius 3 is 2.82 bits per heavy atom. The van der Waals surface area contributed by atoms with Gasteiger partial charge in [-0.2, -0.15) is 0 Å². The van der Waals surface area contributed by atoms with Crippen LogP contribution in [0.3, 0.4) is 0 Å². The van der Waals surface area contributed by atoms with Crippen molar-refractivity contribution in [3.8, 4) is 0 Å². The highest BCUT2D eigenvalue weighted by Crippen LogP contribution is 2.39. The van der Waals surface area contributed by atoms with E-state index in [0.29, 0.717) is 4.88 Å². The van der Waals surface area contributed by atoms with E-state index in [1.54, 1.807) is 19.9 Å². The predicted octanol–water partition coefficient (Wildman–Crippen LogP) is 0.488. The largest absolute Gasteiger partial charge is 0.371 e. The molecule has 0 unspecified atom stereocenters. The fourth-order valence-corrected chi connectivity index (χ4v) is 4.24. The molecule has 9 nitrogen and oxygen atoms in total. The summed E-state index contributed by atoms with van der Waals surface area (Å²) in [5, 5.41) is 4.70. The van der Waals surface area contributed by atoms with Gasteiger partial charge in [0.15, 0.2) is 5.79 Å². The third-order valence-corrected chi connectivity index (χ3v) is 5.68. The summed E-state index contributed by atoms with van der Waals surface area (Å²) < 4.78 is 19.4. The molecule has 1 amide bonds. The van der Waals surface area contributed by atoms with Crippen molar-refractivity contribution >= 4 is 17.2 Å². The Hall–Kier alpha value is -2.27. The van der Waals surface area contributed by atoms with E-state index in [1.165, 1.54) is 28.2 Å². The maximum Gasteiger partial charge on any atom is 0.328 e. The second kappa shape index (κ2) is 7.28. The number of fused-ring (bicyclic) bond motifs is 1. The molecular formula is C18H21N3O6S. The lowest BCUT2D eigenvalue weighted by Gasteiger charge is -2.37. The molecule has 0 spiro atoms. The van der Waals surface area contributed by atoms with E-state index in [1.807, 2.05) is 11.4 Å². The number of hydrogen-bond donors (Lipinski definition) is 2. The van der Waals surface area contributed by atoms with Crippen LogP contribution in [0.4, 0.5) is 0 Å². The third kappa shape index (κ3) is 3.68. The number of nitrogens with one attached hydrogen (secondary N) is 2. The molecule has 4 rings (SSSR count). The number of nitrogens with zero attached hydrogens (tertiary/aromatic N) is 1. The number of aromatic amines is 1. The number of hydrogen-bond acceptors (Lipinski definition) is 7. The second-order valence-electron chi connectivity index (χ2n) is 7.21. The highest BCUT2D eigenvalue weighted by molar-refractivity contribution is 7.12. The lowest BCUT2D eigenvalue weighted by atomic mass is 9.97. The van der Waals surface area contributed by atoms with Crippen LogP contribution in [0.25, 0.3) is 0 Å². The molecule has 2 saturated heterocycles. The van der Waals surface area contributed by atoms with Crippen LogP contribution in [-0.2, 0) is 14.2 Å². The molecule has 0 bridgehead atoms. The van der Waals surface area contributed by atoms with Crippen molar-refractivity contribution in [1.29, 1.82) is 0 Å². The summed E-state index contributed by atoms with van der Waals surface area (Å²) in [4.78, 5) is 38.7. The Bertz CT molecular complexity index is 966. The quantitative estimate of drug-likeness (QED) is 0.763. The summed E-state index contributed by atoms with van der Waals surface area (Å²) in [6.07, 6.45) is 0.0671. The summed E-state index contributed by atoms with van der Waals surface area (Å²) in [6, 6.07) is 4.39. The Kier molecular flexibility index (Phi) is 4.96. The van der Waals surface area contributed by atoms with Crippen molar-refractivity contribution in [1.82, 2.24) is 14.9 Å². The monoisotopic (exact) mass is 407 g/mol. The number of carbonyl (C=O) groups is 1. The van der Waals surface area contributed by atoms with Gasteiger partial charge in [0.1, 0.15) is 18.3 Å². The first-order valence-corrected chi connectivity index (χ1v) is 9.82. The van der Waals surface area contributed by atoms with Crippen molar-refractivity contribution in [3.63, 3.8) is 0 Å². The van der Waals surface area contributed by atoms with Gasteiger partial charge in [-0.1, -0.05) is 6.07 Å². The Balaban J connectivity index is 1.53. The maximum absolute atomic E-state index is 12.2. The molecule has 2 aromatic rings. The van der Waals surface area contributed by atoms with Gasteiger partial charge in [0.2, 0.25) is 0 Å². The lowest BCUT2D eigenvalue weighted by molar-refractivity contribution is -0.153. The first kappa shape index (κ1) is 19.1. The van der Waals surface area contributed by atoms with Crippen LogP contribution in [-0.4, -0.2) is 52.7 Å². The highest BCUT2D eigenvalue weighted by Gasteiger charge is 2.52. The summed E-state index contributed by atoms with van der Waals surface area (Å²) in [7, 11) is 0. The van der Waals surface area contributed by atoms with Crippen LogP contribution in [0.5, 0.6) is 0 Å². The zero-order chi connectivity index (χ0) is 19.9. The SMILES string of the molecule is CC1(C)O[C@@H]2[C@H](O1)[C@@H](CNC(=O)c1cccs1)OC[C@H]2n1ccc(=O)[nH]c1=O. The Labute approximate surface area is 164 Å². The van der Waals surface area contributed by atoms with Crippen molar-refractivity contribution in [2.75, 3.05) is 13.2 Å². The van der Waals surface area contributed by atoms with Gasteiger partial charge in [0.25, 0.3) is 11.5 Å². The number of ether oxygens (including phenoxy) is 3. The van der Waals surface area contributed by atoms with E-state index in [9.17, 15) is 14.4 Å². The van der Waals surface area contributed by atoms with Gasteiger partial charge in [-0.3, -0.25) is 19.1 Å². The minimum atomic E-state index is -0.858. The van der Waals surface area contributed by atoms with E-state index >= 15 is 0 Å². The number of H-pyrrole nitrogens is 1. The van der Waals surface area contributed by atoms with Crippen LogP contribution in [0.15, 0.2) is 39.4 Å². The van der Waals surface area contributed by atoms with Gasteiger partial charge in [0, 0.05) is 18.8 Å². The maximum atomic E-state index is 12.2. The molecule has 0 aromatic carbocycles. The first-order valence-electron chi connectivity index (χ1n) is 8.94. The Morgan fingerprint density at radius 2 is 2.11 bits per heavy atom. The minimum absolute atomic E-state index is 0.174. The van der Waals surface area contributed by atoms with Crippen LogP contribution >= 0.6 is 11.3 Å². The topological polar surface area (TPSA) is 112 Å². The molecule has 4 atom stereocenters. The standard InChI is InChI=1S/C18H21N3O6S/c1-18(2)26-14-10(21-6-5-13(22)20-17(21)24)9-25-11(15(14)27-18)8-19-16(23)12-4-3-7-28-12/h3-7,10-11,14-15H,8-9H2,1-2H3,(H,19,23)(H,20,22,24)/t10-,11-,14+,15-/m1/s1. The molecule has 2 aliphatic heterocycles. The predicted molar refractivity (Wildman–Crippen MR) is 101 cm³/mol. The number of aromatic nitrogens is 2. The van der Waals surface area contributed by atoms with Crippen LogP contribution < -0.4 is 16.6 Å². The van der Waals surface area contributed by atoms with Crippen molar-refractivity contribution in [3.05, 3.63) is 55.5 Å². The van der Waals surface area contributed by atoms with Crippen LogP contribution in [0.1, 0.15) is 29.6 Å². The Morgan fingerprint density at radius 1 is 1.32 bits per heavy atom. The number of carbonyl (C=O) groups excluding carboxylic acids is 1. The highest BCUT2D eigenvalue weighted by atomic mass is 32.1. The van der Waals surface area contributed by atoms with Gasteiger partial charge in [0.05, 0.1) is 17.5 Å². The zero-order valence-electron chi connectivity index (χ0n) is 15.4. The van der Waals surface area contributed by atoms with Gasteiger partial charge in [-0.25, -0.2) is 4.79 Å². The fourth-order valence-electron chi connectivity index (χ4n) is 3.60. The average Bonchev–Trinajstić information content (AvgIpc) is 3.27. The van der Waals surface area contributed by atoms with E-state index in [4.69, 9.17) is 14.2 Å². The van der Waals surface area contributed by atoms with Crippen molar-refractivity contribution in [2.45, 2.75) is 44.0 Å². The molecule has 28 heavy (non-hydrogen) atoms. The number of rotatable bonds is 4. The zero-order valence-corrected chi connectivity index (χ0v) is 16.2. The van der Waals surface area contributed by atoms with Crippen LogP contribution in [0.2, 0.25) is 0 Å². The van der Waals surface area contributed by atoms with Gasteiger partial charge >= 0.3 is 5.69 Å². The number of amides is 1. The molecule has 2 N–H and O–H groups in total. The molecule has 0 aliphatic carbocycles. The molecule has 2 aliphatic rings. The minimum Gasteiger partial charge on any atom is -0.371 e. The van der Waals surface area contributed by atoms with Gasteiger partial charge < -0.3 is 19.5 Å². The second-order valence-corrected chi connectivity index (χ2v) is 8.16. The van der Waals surface area contributed by atoms with E-state index in [0.717, 1.165) is 0 Å². The fraction of sp³-hybridized carbons (Fsp3) is 0.500. The van der Waals surface area contributed by atoms with E-state index < -0.39 is 41.4 Å². The lowest BCUT2D eigenvalue weighted by Crippen LogP contribution is -2.54. The van der Waals surface area contributed by atoms with E-state index in [2.05, 4.69) is 10.3 Å². The van der Waals surface area contributed by atoms with Crippen LogP contribution in [0, 0.1) is 0 Å². The summed E-state index contributed by atoms with van der Waals surface area (Å²) in [5.74, 6) is -1.03.